The number of hydrogen-bond acceptors (Lipinski definition) is 0. The van der Waals surface area contributed by atoms with Crippen LogP contribution in [0.2, 0.25) is 0 Å². The molecule has 1 rings (SSSR count). The van der Waals surface area contributed by atoms with E-state index in [0.717, 1.165) is 30.1 Å². The van der Waals surface area contributed by atoms with Crippen molar-refractivity contribution in [2.24, 2.45) is 5.41 Å². The minimum absolute atomic E-state index is 0.161. The summed E-state index contributed by atoms with van der Waals surface area (Å²) in [4.78, 5) is 0. The summed E-state index contributed by atoms with van der Waals surface area (Å²) in [5.74, 6) is 0. The summed E-state index contributed by atoms with van der Waals surface area (Å²) in [6.45, 7) is 14.5. The highest BCUT2D eigenvalue weighted by Gasteiger charge is 2.22. The maximum absolute atomic E-state index is 4.17. The fourth-order valence-corrected chi connectivity index (χ4v) is 3.55. The van der Waals surface area contributed by atoms with Crippen LogP contribution < -0.4 is 0 Å². The molecule has 1 aliphatic rings. The normalized spacial score (nSPS) is 21.3. The molecule has 1 atom stereocenters. The second-order valence-electron chi connectivity index (χ2n) is 6.69. The molecule has 0 heterocycles. The first-order valence-corrected chi connectivity index (χ1v) is 9.91. The predicted octanol–water partition coefficient (Wildman–Crippen LogP) is 7.34. The SMILES string of the molecule is C=CCC(C)(/C=C1/CCCC(=C)CC1)C/C(C=C)=C/CCI. The molecule has 22 heavy (non-hydrogen) atoms. The monoisotopic (exact) mass is 410 g/mol. The van der Waals surface area contributed by atoms with E-state index in [9.17, 15) is 0 Å². The smallest absolute Gasteiger partial charge is 0.00301 e. The average molecular weight is 410 g/mol. The van der Waals surface area contributed by atoms with E-state index in [4.69, 9.17) is 0 Å². The fraction of sp³-hybridized carbons (Fsp3) is 0.524. The van der Waals surface area contributed by atoms with Gasteiger partial charge in [-0.3, -0.25) is 0 Å². The number of rotatable bonds is 8. The van der Waals surface area contributed by atoms with Crippen LogP contribution >= 0.6 is 22.6 Å². The van der Waals surface area contributed by atoms with Crippen LogP contribution in [0.3, 0.4) is 0 Å². The lowest BCUT2D eigenvalue weighted by atomic mass is 9.78. The van der Waals surface area contributed by atoms with Crippen LogP contribution in [0.5, 0.6) is 0 Å². The van der Waals surface area contributed by atoms with Gasteiger partial charge in [-0.15, -0.1) is 6.58 Å². The van der Waals surface area contributed by atoms with Gasteiger partial charge >= 0.3 is 0 Å². The molecule has 0 radical (unpaired) electrons. The van der Waals surface area contributed by atoms with Crippen LogP contribution in [0.15, 0.2) is 60.8 Å². The van der Waals surface area contributed by atoms with Crippen LogP contribution in [0, 0.1) is 5.41 Å². The van der Waals surface area contributed by atoms with Gasteiger partial charge in [-0.2, -0.15) is 0 Å². The van der Waals surface area contributed by atoms with E-state index < -0.39 is 0 Å². The molecule has 122 valence electrons. The summed E-state index contributed by atoms with van der Waals surface area (Å²) >= 11 is 2.43. The van der Waals surface area contributed by atoms with Crippen LogP contribution in [0.4, 0.5) is 0 Å². The largest absolute Gasteiger partial charge is 0.103 e. The third-order valence-electron chi connectivity index (χ3n) is 4.38. The highest BCUT2D eigenvalue weighted by molar-refractivity contribution is 14.1. The van der Waals surface area contributed by atoms with Crippen molar-refractivity contribution in [1.29, 1.82) is 0 Å². The van der Waals surface area contributed by atoms with E-state index in [1.807, 2.05) is 6.08 Å². The van der Waals surface area contributed by atoms with Crippen molar-refractivity contribution in [2.45, 2.75) is 58.3 Å². The van der Waals surface area contributed by atoms with Crippen molar-refractivity contribution in [3.8, 4) is 0 Å². The molecule has 1 saturated carbocycles. The zero-order valence-corrected chi connectivity index (χ0v) is 16.3. The minimum Gasteiger partial charge on any atom is -0.103 e. The van der Waals surface area contributed by atoms with Gasteiger partial charge in [0.1, 0.15) is 0 Å². The van der Waals surface area contributed by atoms with Gasteiger partial charge in [-0.25, -0.2) is 0 Å². The van der Waals surface area contributed by atoms with Gasteiger partial charge in [0.2, 0.25) is 0 Å². The molecule has 0 aromatic rings. The van der Waals surface area contributed by atoms with Crippen LogP contribution in [-0.2, 0) is 0 Å². The summed E-state index contributed by atoms with van der Waals surface area (Å²) in [6.07, 6.45) is 18.2. The highest BCUT2D eigenvalue weighted by atomic mass is 127. The van der Waals surface area contributed by atoms with Crippen molar-refractivity contribution < 1.29 is 0 Å². The Kier molecular flexibility index (Phi) is 9.08. The Labute approximate surface area is 151 Å². The quantitative estimate of drug-likeness (QED) is 0.129. The summed E-state index contributed by atoms with van der Waals surface area (Å²) in [5, 5.41) is 0. The van der Waals surface area contributed by atoms with Gasteiger partial charge in [0.05, 0.1) is 0 Å². The molecule has 0 amide bonds. The van der Waals surface area contributed by atoms with Gasteiger partial charge < -0.3 is 0 Å². The molecule has 1 aliphatic carbocycles. The van der Waals surface area contributed by atoms with Gasteiger partial charge in [0.25, 0.3) is 0 Å². The van der Waals surface area contributed by atoms with Crippen LogP contribution in [-0.4, -0.2) is 4.43 Å². The Morgan fingerprint density at radius 3 is 2.64 bits per heavy atom. The first-order chi connectivity index (χ1) is 10.5. The zero-order chi connectivity index (χ0) is 16.4. The fourth-order valence-electron chi connectivity index (χ4n) is 3.24. The molecule has 0 spiro atoms. The van der Waals surface area contributed by atoms with Gasteiger partial charge in [-0.1, -0.05) is 83.7 Å². The van der Waals surface area contributed by atoms with Gasteiger partial charge in [0, 0.05) is 4.43 Å². The first kappa shape index (κ1) is 19.5. The third-order valence-corrected chi connectivity index (χ3v) is 5.00. The number of allylic oxidation sites excluding steroid dienone is 7. The molecular formula is C21H31I. The van der Waals surface area contributed by atoms with Crippen molar-refractivity contribution in [3.63, 3.8) is 0 Å². The second kappa shape index (κ2) is 10.3. The summed E-state index contributed by atoms with van der Waals surface area (Å²) < 4.78 is 1.16. The Morgan fingerprint density at radius 2 is 2.00 bits per heavy atom. The Morgan fingerprint density at radius 1 is 1.23 bits per heavy atom. The standard InChI is InChI=1S/C21H31I/c1-5-14-21(4,16-19(6-2)11-8-15-22)17-20-10-7-9-18(3)12-13-20/h5-6,11,17H,1-3,7-10,12-16H2,4H3/b19-11+,20-17-. The summed E-state index contributed by atoms with van der Waals surface area (Å²) in [5.41, 5.74) is 4.56. The number of alkyl halides is 1. The number of halogens is 1. The topological polar surface area (TPSA) is 0 Å². The molecule has 0 aromatic heterocycles. The molecule has 0 saturated heterocycles. The molecule has 0 N–H and O–H groups in total. The van der Waals surface area contributed by atoms with E-state index in [1.165, 1.54) is 36.8 Å². The van der Waals surface area contributed by atoms with Crippen molar-refractivity contribution in [3.05, 3.63) is 60.8 Å². The van der Waals surface area contributed by atoms with Gasteiger partial charge in [-0.05, 0) is 56.8 Å². The van der Waals surface area contributed by atoms with E-state index in [-0.39, 0.29) is 5.41 Å². The molecule has 0 nitrogen and oxygen atoms in total. The van der Waals surface area contributed by atoms with E-state index in [2.05, 4.69) is 67.5 Å². The molecule has 0 aliphatic heterocycles. The minimum atomic E-state index is 0.161. The molecule has 1 fully saturated rings. The van der Waals surface area contributed by atoms with E-state index in [1.54, 1.807) is 5.57 Å². The van der Waals surface area contributed by atoms with E-state index >= 15 is 0 Å². The maximum atomic E-state index is 4.17. The lowest BCUT2D eigenvalue weighted by molar-refractivity contribution is 0.427. The van der Waals surface area contributed by atoms with Crippen LogP contribution in [0.25, 0.3) is 0 Å². The Bertz CT molecular complexity index is 453. The lowest BCUT2D eigenvalue weighted by Crippen LogP contribution is -2.14. The van der Waals surface area contributed by atoms with Gasteiger partial charge in [0.15, 0.2) is 0 Å². The molecule has 0 aromatic carbocycles. The molecular weight excluding hydrogens is 379 g/mol. The summed E-state index contributed by atoms with van der Waals surface area (Å²) in [6, 6.07) is 0. The maximum Gasteiger partial charge on any atom is 0.00301 e. The molecule has 1 heteroatoms. The number of hydrogen-bond donors (Lipinski definition) is 0. The zero-order valence-electron chi connectivity index (χ0n) is 14.2. The Hall–Kier alpha value is -0.570. The predicted molar refractivity (Wildman–Crippen MR) is 110 cm³/mol. The first-order valence-electron chi connectivity index (χ1n) is 8.38. The third kappa shape index (κ3) is 7.13. The highest BCUT2D eigenvalue weighted by Crippen LogP contribution is 2.36. The van der Waals surface area contributed by atoms with Crippen molar-refractivity contribution in [1.82, 2.24) is 0 Å². The Balaban J connectivity index is 2.90. The van der Waals surface area contributed by atoms with Crippen LogP contribution in [0.1, 0.15) is 58.3 Å². The molecule has 0 bridgehead atoms. The average Bonchev–Trinajstić information content (AvgIpc) is 2.68. The van der Waals surface area contributed by atoms with Crippen molar-refractivity contribution >= 4 is 22.6 Å². The molecule has 1 unspecified atom stereocenters. The lowest BCUT2D eigenvalue weighted by Gasteiger charge is -2.27. The second-order valence-corrected chi connectivity index (χ2v) is 7.77. The van der Waals surface area contributed by atoms with E-state index in [0.29, 0.717) is 0 Å². The summed E-state index contributed by atoms with van der Waals surface area (Å²) in [7, 11) is 0. The van der Waals surface area contributed by atoms with Crippen molar-refractivity contribution in [2.75, 3.05) is 4.43 Å².